The Kier molecular flexibility index (Phi) is 4.21. The fourth-order valence-electron chi connectivity index (χ4n) is 3.93. The number of nitrogens with zero attached hydrogens (tertiary/aromatic N) is 5. The van der Waals surface area contributed by atoms with Crippen LogP contribution in [-0.2, 0) is 6.54 Å². The number of rotatable bonds is 3. The van der Waals surface area contributed by atoms with Gasteiger partial charge in [0.15, 0.2) is 0 Å². The first-order valence-corrected chi connectivity index (χ1v) is 8.93. The fraction of sp³-hybridized carbons (Fsp3) is 0.350. The van der Waals surface area contributed by atoms with E-state index in [-0.39, 0.29) is 18.5 Å². The molecule has 1 aliphatic rings. The number of carbonyl (C=O) groups is 1. The van der Waals surface area contributed by atoms with Crippen LogP contribution in [0.15, 0.2) is 42.7 Å². The maximum atomic E-state index is 13.2. The van der Waals surface area contributed by atoms with E-state index in [2.05, 4.69) is 15.6 Å². The van der Waals surface area contributed by atoms with E-state index in [1.165, 1.54) is 0 Å². The Hall–Kier alpha value is -3.07. The largest absolute Gasteiger partial charge is 0.335 e. The molecule has 3 aromatic rings. The molecule has 2 aromatic heterocycles. The third-order valence-corrected chi connectivity index (χ3v) is 5.20. The summed E-state index contributed by atoms with van der Waals surface area (Å²) in [5, 5.41) is 10.2. The summed E-state index contributed by atoms with van der Waals surface area (Å²) in [6.45, 7) is 3.58. The third kappa shape index (κ3) is 2.76. The van der Waals surface area contributed by atoms with Crippen molar-refractivity contribution in [2.24, 2.45) is 0 Å². The van der Waals surface area contributed by atoms with E-state index < -0.39 is 0 Å². The summed E-state index contributed by atoms with van der Waals surface area (Å²) >= 11 is 0. The second-order valence-electron chi connectivity index (χ2n) is 6.76. The van der Waals surface area contributed by atoms with Gasteiger partial charge < -0.3 is 14.0 Å². The Morgan fingerprint density at radius 2 is 2.23 bits per heavy atom. The molecular weight excluding hydrogens is 326 g/mol. The van der Waals surface area contributed by atoms with Crippen LogP contribution in [0, 0.1) is 18.3 Å². The zero-order valence-corrected chi connectivity index (χ0v) is 14.8. The standard InChI is InChI=1S/C20H21N5O/c1-15-22-9-12-24(15)17-6-4-10-23(14-17)20(26)19-13-16-5-2-3-7-18(16)25(19)11-8-21/h2-3,5,7,9,12-13,17H,4,6,10-11,14H2,1H3. The van der Waals surface area contributed by atoms with Crippen LogP contribution in [0.3, 0.4) is 0 Å². The molecule has 0 saturated carbocycles. The second kappa shape index (κ2) is 6.68. The van der Waals surface area contributed by atoms with Gasteiger partial charge in [0, 0.05) is 36.4 Å². The van der Waals surface area contributed by atoms with Crippen molar-refractivity contribution in [3.8, 4) is 6.07 Å². The van der Waals surface area contributed by atoms with E-state index in [4.69, 9.17) is 0 Å². The Morgan fingerprint density at radius 3 is 3.00 bits per heavy atom. The van der Waals surface area contributed by atoms with Crippen molar-refractivity contribution in [2.75, 3.05) is 13.1 Å². The highest BCUT2D eigenvalue weighted by atomic mass is 16.2. The maximum absolute atomic E-state index is 13.2. The van der Waals surface area contributed by atoms with Gasteiger partial charge in [-0.25, -0.2) is 4.98 Å². The van der Waals surface area contributed by atoms with Gasteiger partial charge in [0.05, 0.1) is 12.1 Å². The van der Waals surface area contributed by atoms with Gasteiger partial charge in [0.1, 0.15) is 18.1 Å². The zero-order valence-electron chi connectivity index (χ0n) is 14.8. The second-order valence-corrected chi connectivity index (χ2v) is 6.76. The zero-order chi connectivity index (χ0) is 18.1. The minimum atomic E-state index is -0.00100. The third-order valence-electron chi connectivity index (χ3n) is 5.20. The van der Waals surface area contributed by atoms with Crippen molar-refractivity contribution in [1.82, 2.24) is 19.0 Å². The number of likely N-dealkylation sites (tertiary alicyclic amines) is 1. The lowest BCUT2D eigenvalue weighted by molar-refractivity contribution is 0.0668. The topological polar surface area (TPSA) is 66.8 Å². The number of aromatic nitrogens is 3. The molecule has 0 aliphatic carbocycles. The molecule has 6 nitrogen and oxygen atoms in total. The summed E-state index contributed by atoms with van der Waals surface area (Å²) in [5.41, 5.74) is 1.52. The van der Waals surface area contributed by atoms with Gasteiger partial charge in [-0.2, -0.15) is 5.26 Å². The summed E-state index contributed by atoms with van der Waals surface area (Å²) in [6, 6.07) is 12.2. The Morgan fingerprint density at radius 1 is 1.38 bits per heavy atom. The van der Waals surface area contributed by atoms with Crippen molar-refractivity contribution in [3.05, 3.63) is 54.2 Å². The average Bonchev–Trinajstić information content (AvgIpc) is 3.26. The average molecular weight is 347 g/mol. The van der Waals surface area contributed by atoms with E-state index in [0.717, 1.165) is 36.1 Å². The number of piperidine rings is 1. The number of imidazole rings is 1. The van der Waals surface area contributed by atoms with Crippen molar-refractivity contribution in [2.45, 2.75) is 32.4 Å². The molecule has 0 spiro atoms. The molecule has 0 N–H and O–H groups in total. The number of benzene rings is 1. The first-order valence-electron chi connectivity index (χ1n) is 8.93. The van der Waals surface area contributed by atoms with Gasteiger partial charge in [-0.15, -0.1) is 0 Å². The first kappa shape index (κ1) is 16.4. The Labute approximate surface area is 152 Å². The van der Waals surface area contributed by atoms with E-state index >= 15 is 0 Å². The van der Waals surface area contributed by atoms with Gasteiger partial charge in [-0.05, 0) is 31.9 Å². The molecule has 132 valence electrons. The van der Waals surface area contributed by atoms with Crippen molar-refractivity contribution in [3.63, 3.8) is 0 Å². The number of hydrogen-bond acceptors (Lipinski definition) is 3. The van der Waals surface area contributed by atoms with Gasteiger partial charge in [-0.1, -0.05) is 18.2 Å². The van der Waals surface area contributed by atoms with Crippen molar-refractivity contribution < 1.29 is 4.79 Å². The van der Waals surface area contributed by atoms with E-state index in [0.29, 0.717) is 12.2 Å². The Balaban J connectivity index is 1.65. The summed E-state index contributed by atoms with van der Waals surface area (Å²) < 4.78 is 3.98. The lowest BCUT2D eigenvalue weighted by Crippen LogP contribution is -2.41. The summed E-state index contributed by atoms with van der Waals surface area (Å²) in [7, 11) is 0. The number of aryl methyl sites for hydroxylation is 1. The quantitative estimate of drug-likeness (QED) is 0.731. The van der Waals surface area contributed by atoms with Crippen LogP contribution in [0.2, 0.25) is 0 Å². The molecule has 26 heavy (non-hydrogen) atoms. The molecule has 3 heterocycles. The van der Waals surface area contributed by atoms with Crippen LogP contribution < -0.4 is 0 Å². The number of para-hydroxylation sites is 1. The van der Waals surface area contributed by atoms with Gasteiger partial charge in [0.2, 0.25) is 0 Å². The van der Waals surface area contributed by atoms with Crippen LogP contribution in [0.5, 0.6) is 0 Å². The highest BCUT2D eigenvalue weighted by Gasteiger charge is 2.28. The minimum Gasteiger partial charge on any atom is -0.335 e. The minimum absolute atomic E-state index is 0.00100. The van der Waals surface area contributed by atoms with Crippen molar-refractivity contribution >= 4 is 16.8 Å². The summed E-state index contributed by atoms with van der Waals surface area (Å²) in [6.07, 6.45) is 5.80. The van der Waals surface area contributed by atoms with Crippen LogP contribution in [0.25, 0.3) is 10.9 Å². The predicted octanol–water partition coefficient (Wildman–Crippen LogP) is 3.15. The normalized spacial score (nSPS) is 17.4. The van der Waals surface area contributed by atoms with Crippen LogP contribution in [-0.4, -0.2) is 38.0 Å². The van der Waals surface area contributed by atoms with Gasteiger partial charge in [0.25, 0.3) is 5.91 Å². The molecule has 0 radical (unpaired) electrons. The molecule has 1 fully saturated rings. The molecule has 1 aromatic carbocycles. The van der Waals surface area contributed by atoms with E-state index in [9.17, 15) is 10.1 Å². The first-order chi connectivity index (χ1) is 12.7. The van der Waals surface area contributed by atoms with Gasteiger partial charge in [-0.3, -0.25) is 4.79 Å². The number of carbonyl (C=O) groups excluding carboxylic acids is 1. The number of fused-ring (bicyclic) bond motifs is 1. The maximum Gasteiger partial charge on any atom is 0.270 e. The van der Waals surface area contributed by atoms with Crippen LogP contribution in [0.1, 0.15) is 35.2 Å². The van der Waals surface area contributed by atoms with Crippen LogP contribution >= 0.6 is 0 Å². The Bertz CT molecular complexity index is 993. The lowest BCUT2D eigenvalue weighted by atomic mass is 10.0. The number of hydrogen-bond donors (Lipinski definition) is 0. The SMILES string of the molecule is Cc1nccn1C1CCCN(C(=O)c2cc3ccccc3n2CC#N)C1. The smallest absolute Gasteiger partial charge is 0.270 e. The summed E-state index contributed by atoms with van der Waals surface area (Å²) in [5.74, 6) is 0.974. The highest BCUT2D eigenvalue weighted by Crippen LogP contribution is 2.26. The van der Waals surface area contributed by atoms with Crippen LogP contribution in [0.4, 0.5) is 0 Å². The highest BCUT2D eigenvalue weighted by molar-refractivity contribution is 5.98. The molecule has 0 bridgehead atoms. The molecule has 1 atom stereocenters. The monoisotopic (exact) mass is 347 g/mol. The molecule has 1 aliphatic heterocycles. The summed E-state index contributed by atoms with van der Waals surface area (Å²) in [4.78, 5) is 19.5. The number of nitriles is 1. The van der Waals surface area contributed by atoms with E-state index in [1.807, 2.05) is 52.9 Å². The van der Waals surface area contributed by atoms with E-state index in [1.54, 1.807) is 6.20 Å². The molecular formula is C20H21N5O. The van der Waals surface area contributed by atoms with Gasteiger partial charge >= 0.3 is 0 Å². The molecule has 4 rings (SSSR count). The lowest BCUT2D eigenvalue weighted by Gasteiger charge is -2.34. The molecule has 6 heteroatoms. The molecule has 1 saturated heterocycles. The molecule has 1 amide bonds. The number of amides is 1. The molecule has 1 unspecified atom stereocenters. The predicted molar refractivity (Wildman–Crippen MR) is 98.7 cm³/mol. The van der Waals surface area contributed by atoms with Crippen molar-refractivity contribution in [1.29, 1.82) is 5.26 Å². The fourth-order valence-corrected chi connectivity index (χ4v) is 3.93.